The molecule has 78 valence electrons. The van der Waals surface area contributed by atoms with Crippen molar-refractivity contribution in [2.24, 2.45) is 17.8 Å². The number of carbonyl (C=O) groups excluding carboxylic acids is 1. The largest absolute Gasteiger partial charge is 0.303 e. The van der Waals surface area contributed by atoms with E-state index in [9.17, 15) is 4.79 Å². The summed E-state index contributed by atoms with van der Waals surface area (Å²) in [5.41, 5.74) is 2.71. The van der Waals surface area contributed by atoms with Gasteiger partial charge in [0.1, 0.15) is 6.29 Å². The van der Waals surface area contributed by atoms with Crippen molar-refractivity contribution >= 4 is 6.29 Å². The minimum atomic E-state index is 0.184. The van der Waals surface area contributed by atoms with E-state index in [0.29, 0.717) is 11.8 Å². The minimum absolute atomic E-state index is 0.184. The number of carbonyl (C=O) groups is 1. The Morgan fingerprint density at radius 3 is 2.64 bits per heavy atom. The lowest BCUT2D eigenvalue weighted by Gasteiger charge is -2.28. The average Bonchev–Trinajstić information content (AvgIpc) is 2.10. The van der Waals surface area contributed by atoms with Gasteiger partial charge in [-0.25, -0.2) is 0 Å². The fourth-order valence-corrected chi connectivity index (χ4v) is 2.05. The van der Waals surface area contributed by atoms with Gasteiger partial charge in [0.2, 0.25) is 0 Å². The van der Waals surface area contributed by atoms with Crippen molar-refractivity contribution in [1.29, 1.82) is 0 Å². The molecule has 0 unspecified atom stereocenters. The quantitative estimate of drug-likeness (QED) is 0.484. The zero-order chi connectivity index (χ0) is 10.7. The van der Waals surface area contributed by atoms with Crippen LogP contribution < -0.4 is 0 Å². The third kappa shape index (κ3) is 2.57. The van der Waals surface area contributed by atoms with Crippen molar-refractivity contribution in [3.05, 3.63) is 23.3 Å². The summed E-state index contributed by atoms with van der Waals surface area (Å²) < 4.78 is 0. The highest BCUT2D eigenvalue weighted by molar-refractivity contribution is 5.56. The van der Waals surface area contributed by atoms with E-state index < -0.39 is 0 Å². The van der Waals surface area contributed by atoms with Gasteiger partial charge < -0.3 is 4.79 Å². The topological polar surface area (TPSA) is 17.1 Å². The first kappa shape index (κ1) is 11.2. The van der Waals surface area contributed by atoms with Gasteiger partial charge in [-0.2, -0.15) is 0 Å². The van der Waals surface area contributed by atoms with E-state index in [4.69, 9.17) is 0 Å². The molecule has 1 aliphatic carbocycles. The van der Waals surface area contributed by atoms with E-state index in [1.165, 1.54) is 11.1 Å². The van der Waals surface area contributed by atoms with Gasteiger partial charge in [-0.3, -0.25) is 0 Å². The Morgan fingerprint density at radius 1 is 1.50 bits per heavy atom. The fraction of sp³-hybridized carbons (Fsp3) is 0.615. The molecule has 0 bridgehead atoms. The van der Waals surface area contributed by atoms with Gasteiger partial charge in [0.05, 0.1) is 0 Å². The number of rotatable bonds is 2. The smallest absolute Gasteiger partial charge is 0.123 e. The average molecular weight is 192 g/mol. The minimum Gasteiger partial charge on any atom is -0.303 e. The van der Waals surface area contributed by atoms with Gasteiger partial charge in [-0.05, 0) is 33.1 Å². The lowest BCUT2D eigenvalue weighted by molar-refractivity contribution is -0.112. The Hall–Kier alpha value is -0.850. The number of allylic oxidation sites excluding steroid dienone is 4. The molecule has 0 aromatic carbocycles. The standard InChI is InChI=1S/C13H20O/c1-9(2)5-12-6-10(3)11(4)7-13(12)8-14/h5-6,8,11-13H,7H2,1-4H3/t11-,12+,13-/m0/s1. The predicted octanol–water partition coefficient (Wildman–Crippen LogP) is 3.37. The van der Waals surface area contributed by atoms with Crippen LogP contribution in [0.4, 0.5) is 0 Å². The summed E-state index contributed by atoms with van der Waals surface area (Å²) >= 11 is 0. The zero-order valence-electron chi connectivity index (χ0n) is 9.58. The Kier molecular flexibility index (Phi) is 3.68. The second-order valence-corrected chi connectivity index (χ2v) is 4.67. The van der Waals surface area contributed by atoms with Crippen molar-refractivity contribution in [2.75, 3.05) is 0 Å². The van der Waals surface area contributed by atoms with Crippen LogP contribution in [0.5, 0.6) is 0 Å². The highest BCUT2D eigenvalue weighted by Gasteiger charge is 2.25. The van der Waals surface area contributed by atoms with Crippen molar-refractivity contribution in [3.8, 4) is 0 Å². The van der Waals surface area contributed by atoms with E-state index in [0.717, 1.165) is 12.7 Å². The maximum absolute atomic E-state index is 10.9. The number of hydrogen-bond donors (Lipinski definition) is 0. The van der Waals surface area contributed by atoms with Crippen molar-refractivity contribution in [1.82, 2.24) is 0 Å². The molecule has 0 saturated heterocycles. The van der Waals surface area contributed by atoms with Gasteiger partial charge in [0.15, 0.2) is 0 Å². The summed E-state index contributed by atoms with van der Waals surface area (Å²) in [5, 5.41) is 0. The molecule has 1 heteroatoms. The highest BCUT2D eigenvalue weighted by Crippen LogP contribution is 2.32. The summed E-state index contributed by atoms with van der Waals surface area (Å²) in [7, 11) is 0. The molecule has 1 nitrogen and oxygen atoms in total. The van der Waals surface area contributed by atoms with E-state index in [2.05, 4.69) is 39.8 Å². The molecular weight excluding hydrogens is 172 g/mol. The monoisotopic (exact) mass is 192 g/mol. The number of hydrogen-bond acceptors (Lipinski definition) is 1. The first-order valence-corrected chi connectivity index (χ1v) is 5.33. The summed E-state index contributed by atoms with van der Waals surface area (Å²) in [6, 6.07) is 0. The van der Waals surface area contributed by atoms with Crippen LogP contribution in [0.3, 0.4) is 0 Å². The maximum atomic E-state index is 10.9. The summed E-state index contributed by atoms with van der Waals surface area (Å²) in [5.74, 6) is 1.07. The molecule has 0 fully saturated rings. The molecule has 0 aliphatic heterocycles. The molecule has 3 atom stereocenters. The molecule has 0 amide bonds. The summed E-state index contributed by atoms with van der Waals surface area (Å²) in [6.45, 7) is 8.53. The summed E-state index contributed by atoms with van der Waals surface area (Å²) in [6.07, 6.45) is 6.57. The highest BCUT2D eigenvalue weighted by atomic mass is 16.1. The molecule has 0 aromatic rings. The van der Waals surface area contributed by atoms with Crippen molar-refractivity contribution in [2.45, 2.75) is 34.1 Å². The third-order valence-corrected chi connectivity index (χ3v) is 3.05. The van der Waals surface area contributed by atoms with E-state index >= 15 is 0 Å². The van der Waals surface area contributed by atoms with Gasteiger partial charge in [-0.1, -0.05) is 30.2 Å². The molecule has 0 aromatic heterocycles. The summed E-state index contributed by atoms with van der Waals surface area (Å²) in [4.78, 5) is 10.9. The maximum Gasteiger partial charge on any atom is 0.123 e. The zero-order valence-corrected chi connectivity index (χ0v) is 9.58. The Balaban J connectivity index is 2.90. The second-order valence-electron chi connectivity index (χ2n) is 4.67. The van der Waals surface area contributed by atoms with Crippen molar-refractivity contribution < 1.29 is 4.79 Å². The molecule has 0 radical (unpaired) electrons. The normalized spacial score (nSPS) is 32.0. The van der Waals surface area contributed by atoms with Crippen LogP contribution in [0.15, 0.2) is 23.3 Å². The molecular formula is C13H20O. The second kappa shape index (κ2) is 4.59. The van der Waals surface area contributed by atoms with Crippen LogP contribution in [-0.4, -0.2) is 6.29 Å². The molecule has 1 rings (SSSR count). The van der Waals surface area contributed by atoms with Crippen LogP contribution in [-0.2, 0) is 4.79 Å². The molecule has 0 spiro atoms. The molecule has 0 heterocycles. The van der Waals surface area contributed by atoms with Crippen molar-refractivity contribution in [3.63, 3.8) is 0 Å². The van der Waals surface area contributed by atoms with E-state index in [1.807, 2.05) is 0 Å². The lowest BCUT2D eigenvalue weighted by Crippen LogP contribution is -2.22. The van der Waals surface area contributed by atoms with Gasteiger partial charge in [0, 0.05) is 11.8 Å². The fourth-order valence-electron chi connectivity index (χ4n) is 2.05. The molecule has 14 heavy (non-hydrogen) atoms. The first-order chi connectivity index (χ1) is 6.54. The van der Waals surface area contributed by atoms with Crippen LogP contribution in [0.2, 0.25) is 0 Å². The predicted molar refractivity (Wildman–Crippen MR) is 60.0 cm³/mol. The van der Waals surface area contributed by atoms with Gasteiger partial charge in [-0.15, -0.1) is 0 Å². The SMILES string of the molecule is CC(C)=C[C@@H]1C=C(C)[C@@H](C)C[C@H]1C=O. The third-order valence-electron chi connectivity index (χ3n) is 3.05. The Labute approximate surface area is 86.9 Å². The van der Waals surface area contributed by atoms with E-state index in [-0.39, 0.29) is 5.92 Å². The van der Waals surface area contributed by atoms with Crippen LogP contribution >= 0.6 is 0 Å². The molecule has 1 aliphatic rings. The lowest BCUT2D eigenvalue weighted by atomic mass is 9.76. The van der Waals surface area contributed by atoms with Crippen LogP contribution in [0, 0.1) is 17.8 Å². The molecule has 0 N–H and O–H groups in total. The Morgan fingerprint density at radius 2 is 2.14 bits per heavy atom. The van der Waals surface area contributed by atoms with Crippen LogP contribution in [0.1, 0.15) is 34.1 Å². The van der Waals surface area contributed by atoms with Gasteiger partial charge in [0.25, 0.3) is 0 Å². The first-order valence-electron chi connectivity index (χ1n) is 5.33. The van der Waals surface area contributed by atoms with E-state index in [1.54, 1.807) is 0 Å². The molecule has 0 saturated carbocycles. The number of aldehydes is 1. The van der Waals surface area contributed by atoms with Gasteiger partial charge >= 0.3 is 0 Å². The van der Waals surface area contributed by atoms with Crippen LogP contribution in [0.25, 0.3) is 0 Å². The Bertz CT molecular complexity index is 269.